The van der Waals surface area contributed by atoms with Gasteiger partial charge in [-0.15, -0.1) is 10.2 Å². The Hall–Kier alpha value is -3.91. The van der Waals surface area contributed by atoms with Gasteiger partial charge in [-0.25, -0.2) is 4.98 Å². The molecule has 0 aliphatic rings. The van der Waals surface area contributed by atoms with E-state index in [4.69, 9.17) is 25.5 Å². The fraction of sp³-hybridized carbons (Fsp3) is 0.0909. The molecule has 4 aromatic rings. The van der Waals surface area contributed by atoms with E-state index in [0.29, 0.717) is 33.9 Å². The molecule has 0 bridgehead atoms. The van der Waals surface area contributed by atoms with Crippen LogP contribution >= 0.6 is 11.6 Å². The van der Waals surface area contributed by atoms with Gasteiger partial charge in [0.2, 0.25) is 5.89 Å². The Morgan fingerprint density at radius 1 is 1.00 bits per heavy atom. The topological polar surface area (TPSA) is 99.4 Å². The van der Waals surface area contributed by atoms with Crippen LogP contribution in [-0.2, 0) is 6.61 Å². The number of hydrogen-bond acceptors (Lipinski definition) is 7. The molecule has 0 saturated heterocycles. The summed E-state index contributed by atoms with van der Waals surface area (Å²) >= 11 is 5.74. The van der Waals surface area contributed by atoms with Crippen molar-refractivity contribution in [2.24, 2.45) is 0 Å². The lowest BCUT2D eigenvalue weighted by molar-refractivity contribution is 0.102. The summed E-state index contributed by atoms with van der Waals surface area (Å²) in [5, 5.41) is 11.1. The smallest absolute Gasteiger partial charge is 0.257 e. The average Bonchev–Trinajstić information content (AvgIpc) is 3.28. The van der Waals surface area contributed by atoms with E-state index in [2.05, 4.69) is 20.5 Å². The second-order valence-electron chi connectivity index (χ2n) is 6.37. The summed E-state index contributed by atoms with van der Waals surface area (Å²) in [6.07, 6.45) is 1.42. The molecule has 1 N–H and O–H groups in total. The second kappa shape index (κ2) is 9.27. The molecule has 0 unspecified atom stereocenters. The van der Waals surface area contributed by atoms with Gasteiger partial charge in [-0.05, 0) is 60.7 Å². The van der Waals surface area contributed by atoms with Crippen molar-refractivity contribution >= 4 is 23.2 Å². The molecule has 9 heteroatoms. The van der Waals surface area contributed by atoms with Gasteiger partial charge in [0, 0.05) is 17.4 Å². The maximum atomic E-state index is 12.2. The van der Waals surface area contributed by atoms with Crippen LogP contribution in [-0.4, -0.2) is 28.2 Å². The standard InChI is InChI=1S/C22H17ClN4O4/c1-29-17-7-2-14(3-8-17)22-27-26-20(31-22)13-30-18-9-5-16(6-10-18)25-21(28)15-4-11-19(23)24-12-15/h2-12H,13H2,1H3,(H,25,28). The number of amides is 1. The molecule has 8 nitrogen and oxygen atoms in total. The van der Waals surface area contributed by atoms with Crippen LogP contribution in [0.25, 0.3) is 11.5 Å². The van der Waals surface area contributed by atoms with E-state index in [1.807, 2.05) is 24.3 Å². The van der Waals surface area contributed by atoms with Gasteiger partial charge >= 0.3 is 0 Å². The molecule has 2 aromatic carbocycles. The minimum absolute atomic E-state index is 0.116. The first-order valence-electron chi connectivity index (χ1n) is 9.23. The minimum atomic E-state index is -0.283. The molecule has 4 rings (SSSR count). The van der Waals surface area contributed by atoms with Gasteiger partial charge in [-0.1, -0.05) is 11.6 Å². The van der Waals surface area contributed by atoms with Crippen molar-refractivity contribution in [3.05, 3.63) is 83.5 Å². The van der Waals surface area contributed by atoms with Gasteiger partial charge in [-0.3, -0.25) is 4.79 Å². The number of anilines is 1. The Morgan fingerprint density at radius 2 is 1.74 bits per heavy atom. The highest BCUT2D eigenvalue weighted by Gasteiger charge is 2.10. The van der Waals surface area contributed by atoms with Gasteiger partial charge in [0.15, 0.2) is 6.61 Å². The largest absolute Gasteiger partial charge is 0.497 e. The van der Waals surface area contributed by atoms with E-state index in [9.17, 15) is 4.79 Å². The van der Waals surface area contributed by atoms with Crippen LogP contribution in [0, 0.1) is 0 Å². The normalized spacial score (nSPS) is 10.5. The van der Waals surface area contributed by atoms with Crippen molar-refractivity contribution in [2.45, 2.75) is 6.61 Å². The van der Waals surface area contributed by atoms with Gasteiger partial charge in [0.25, 0.3) is 11.8 Å². The predicted octanol–water partition coefficient (Wildman–Crippen LogP) is 4.62. The summed E-state index contributed by atoms with van der Waals surface area (Å²) in [5.74, 6) is 1.80. The minimum Gasteiger partial charge on any atom is -0.497 e. The first-order chi connectivity index (χ1) is 15.1. The monoisotopic (exact) mass is 436 g/mol. The van der Waals surface area contributed by atoms with Crippen LogP contribution < -0.4 is 14.8 Å². The first-order valence-corrected chi connectivity index (χ1v) is 9.61. The maximum Gasteiger partial charge on any atom is 0.257 e. The summed E-state index contributed by atoms with van der Waals surface area (Å²) < 4.78 is 16.5. The SMILES string of the molecule is COc1ccc(-c2nnc(COc3ccc(NC(=O)c4ccc(Cl)nc4)cc3)o2)cc1. The zero-order valence-electron chi connectivity index (χ0n) is 16.4. The highest BCUT2D eigenvalue weighted by atomic mass is 35.5. The zero-order chi connectivity index (χ0) is 21.6. The van der Waals surface area contributed by atoms with Gasteiger partial charge in [0.1, 0.15) is 16.7 Å². The van der Waals surface area contributed by atoms with Crippen molar-refractivity contribution in [3.63, 3.8) is 0 Å². The second-order valence-corrected chi connectivity index (χ2v) is 6.75. The van der Waals surface area contributed by atoms with Crippen molar-refractivity contribution in [2.75, 3.05) is 12.4 Å². The molecule has 156 valence electrons. The van der Waals surface area contributed by atoms with Crippen LogP contribution in [0.5, 0.6) is 11.5 Å². The fourth-order valence-corrected chi connectivity index (χ4v) is 2.77. The number of methoxy groups -OCH3 is 1. The summed E-state index contributed by atoms with van der Waals surface area (Å²) in [7, 11) is 1.61. The number of carbonyl (C=O) groups excluding carboxylic acids is 1. The summed E-state index contributed by atoms with van der Waals surface area (Å²) in [6, 6.07) is 17.4. The van der Waals surface area contributed by atoms with Crippen LogP contribution in [0.1, 0.15) is 16.2 Å². The van der Waals surface area contributed by atoms with Gasteiger partial charge < -0.3 is 19.2 Å². The molecule has 2 heterocycles. The summed E-state index contributed by atoms with van der Waals surface area (Å²) in [4.78, 5) is 16.1. The number of aromatic nitrogens is 3. The maximum absolute atomic E-state index is 12.2. The lowest BCUT2D eigenvalue weighted by Crippen LogP contribution is -2.12. The van der Waals surface area contributed by atoms with E-state index in [-0.39, 0.29) is 12.5 Å². The van der Waals surface area contributed by atoms with E-state index in [0.717, 1.165) is 11.3 Å². The molecule has 0 atom stereocenters. The lowest BCUT2D eigenvalue weighted by atomic mass is 10.2. The van der Waals surface area contributed by atoms with Crippen LogP contribution in [0.2, 0.25) is 5.15 Å². The number of rotatable bonds is 7. The van der Waals surface area contributed by atoms with E-state index in [1.54, 1.807) is 43.5 Å². The summed E-state index contributed by atoms with van der Waals surface area (Å²) in [5.41, 5.74) is 1.82. The molecule has 0 saturated carbocycles. The van der Waals surface area contributed by atoms with E-state index in [1.165, 1.54) is 6.20 Å². The first kappa shape index (κ1) is 20.4. The number of benzene rings is 2. The Balaban J connectivity index is 1.32. The van der Waals surface area contributed by atoms with Crippen LogP contribution in [0.4, 0.5) is 5.69 Å². The lowest BCUT2D eigenvalue weighted by Gasteiger charge is -2.07. The molecular formula is C22H17ClN4O4. The van der Waals surface area contributed by atoms with Crippen molar-refractivity contribution in [1.29, 1.82) is 0 Å². The van der Waals surface area contributed by atoms with Crippen LogP contribution in [0.15, 0.2) is 71.3 Å². The third-order valence-electron chi connectivity index (χ3n) is 4.27. The number of nitrogens with one attached hydrogen (secondary N) is 1. The molecule has 0 fully saturated rings. The molecule has 2 aromatic heterocycles. The predicted molar refractivity (Wildman–Crippen MR) is 114 cm³/mol. The number of ether oxygens (including phenoxy) is 2. The molecule has 31 heavy (non-hydrogen) atoms. The van der Waals surface area contributed by atoms with Crippen molar-refractivity contribution in [1.82, 2.24) is 15.2 Å². The molecule has 0 radical (unpaired) electrons. The van der Waals surface area contributed by atoms with Gasteiger partial charge in [-0.2, -0.15) is 0 Å². The number of halogens is 1. The summed E-state index contributed by atoms with van der Waals surface area (Å²) in [6.45, 7) is 0.116. The third kappa shape index (κ3) is 5.18. The Bertz CT molecular complexity index is 1160. The number of carbonyl (C=O) groups is 1. The number of pyridine rings is 1. The number of hydrogen-bond donors (Lipinski definition) is 1. The Morgan fingerprint density at radius 3 is 2.42 bits per heavy atom. The molecular weight excluding hydrogens is 420 g/mol. The number of nitrogens with zero attached hydrogens (tertiary/aromatic N) is 3. The van der Waals surface area contributed by atoms with Crippen LogP contribution in [0.3, 0.4) is 0 Å². The zero-order valence-corrected chi connectivity index (χ0v) is 17.2. The quantitative estimate of drug-likeness (QED) is 0.422. The molecule has 1 amide bonds. The molecule has 0 spiro atoms. The molecule has 0 aliphatic carbocycles. The van der Waals surface area contributed by atoms with E-state index < -0.39 is 0 Å². The third-order valence-corrected chi connectivity index (χ3v) is 4.49. The highest BCUT2D eigenvalue weighted by molar-refractivity contribution is 6.29. The fourth-order valence-electron chi connectivity index (χ4n) is 2.66. The van der Waals surface area contributed by atoms with Crippen molar-refractivity contribution < 1.29 is 18.7 Å². The average molecular weight is 437 g/mol. The van der Waals surface area contributed by atoms with Gasteiger partial charge in [0.05, 0.1) is 12.7 Å². The Labute approximate surface area is 182 Å². The Kier molecular flexibility index (Phi) is 6.09. The molecule has 0 aliphatic heterocycles. The highest BCUT2D eigenvalue weighted by Crippen LogP contribution is 2.22. The van der Waals surface area contributed by atoms with E-state index >= 15 is 0 Å². The van der Waals surface area contributed by atoms with Crippen molar-refractivity contribution in [3.8, 4) is 23.0 Å².